The second kappa shape index (κ2) is 7.26. The lowest BCUT2D eigenvalue weighted by atomic mass is 10.1. The molecule has 1 aliphatic heterocycles. The summed E-state index contributed by atoms with van der Waals surface area (Å²) in [5.41, 5.74) is 0.603. The Hall–Kier alpha value is -2.08. The van der Waals surface area contributed by atoms with Gasteiger partial charge in [0.15, 0.2) is 17.3 Å². The monoisotopic (exact) mass is 306 g/mol. The first kappa shape index (κ1) is 16.3. The highest BCUT2D eigenvalue weighted by Crippen LogP contribution is 2.27. The van der Waals surface area contributed by atoms with Gasteiger partial charge in [-0.3, -0.25) is 14.5 Å². The van der Waals surface area contributed by atoms with Crippen LogP contribution in [0.5, 0.6) is 11.5 Å². The summed E-state index contributed by atoms with van der Waals surface area (Å²) in [5.74, 6) is 1.28. The van der Waals surface area contributed by atoms with Gasteiger partial charge in [0.25, 0.3) is 0 Å². The molecule has 1 aromatic rings. The number of nitrogens with zero attached hydrogens (tertiary/aromatic N) is 2. The summed E-state index contributed by atoms with van der Waals surface area (Å²) in [5, 5.41) is 0. The third-order valence-electron chi connectivity index (χ3n) is 3.89. The molecule has 0 bridgehead atoms. The predicted octanol–water partition coefficient (Wildman–Crippen LogP) is 1.05. The molecule has 0 saturated carbocycles. The van der Waals surface area contributed by atoms with Crippen LogP contribution in [0.1, 0.15) is 17.3 Å². The minimum absolute atomic E-state index is 0.0391. The third kappa shape index (κ3) is 3.76. The highest BCUT2D eigenvalue weighted by molar-refractivity contribution is 5.98. The van der Waals surface area contributed by atoms with E-state index < -0.39 is 0 Å². The molecule has 0 spiro atoms. The summed E-state index contributed by atoms with van der Waals surface area (Å²) < 4.78 is 10.4. The molecule has 1 fully saturated rings. The number of Topliss-reactive ketones (excluding diaryl/α,β-unsaturated/α-hetero) is 1. The van der Waals surface area contributed by atoms with Crippen LogP contribution in [0.4, 0.5) is 0 Å². The Morgan fingerprint density at radius 1 is 1.05 bits per heavy atom. The fraction of sp³-hybridized carbons (Fsp3) is 0.500. The summed E-state index contributed by atoms with van der Waals surface area (Å²) in [6.45, 7) is 4.71. The predicted molar refractivity (Wildman–Crippen MR) is 82.6 cm³/mol. The van der Waals surface area contributed by atoms with E-state index in [1.807, 2.05) is 0 Å². The van der Waals surface area contributed by atoms with Gasteiger partial charge in [-0.25, -0.2) is 0 Å². The molecule has 1 heterocycles. The Kier molecular flexibility index (Phi) is 5.38. The first-order chi connectivity index (χ1) is 10.5. The number of hydrogen-bond donors (Lipinski definition) is 0. The fourth-order valence-corrected chi connectivity index (χ4v) is 2.52. The van der Waals surface area contributed by atoms with E-state index >= 15 is 0 Å². The van der Waals surface area contributed by atoms with Gasteiger partial charge < -0.3 is 14.4 Å². The maximum absolute atomic E-state index is 12.4. The number of amides is 1. The number of carbonyl (C=O) groups excluding carboxylic acids is 2. The smallest absolute Gasteiger partial charge is 0.219 e. The van der Waals surface area contributed by atoms with Crippen LogP contribution in [0, 0.1) is 0 Å². The second-order valence-electron chi connectivity index (χ2n) is 5.28. The van der Waals surface area contributed by atoms with Gasteiger partial charge in [0.1, 0.15) is 0 Å². The van der Waals surface area contributed by atoms with E-state index in [1.54, 1.807) is 44.2 Å². The van der Waals surface area contributed by atoms with Crippen LogP contribution >= 0.6 is 0 Å². The molecule has 120 valence electrons. The zero-order chi connectivity index (χ0) is 16.1. The molecule has 2 rings (SSSR count). The highest BCUT2D eigenvalue weighted by Gasteiger charge is 2.21. The molecule has 1 amide bonds. The molecule has 1 aromatic carbocycles. The van der Waals surface area contributed by atoms with Gasteiger partial charge >= 0.3 is 0 Å². The van der Waals surface area contributed by atoms with Crippen molar-refractivity contribution < 1.29 is 19.1 Å². The number of hydrogen-bond acceptors (Lipinski definition) is 5. The molecule has 0 N–H and O–H groups in total. The van der Waals surface area contributed by atoms with Gasteiger partial charge in [0.05, 0.1) is 20.8 Å². The van der Waals surface area contributed by atoms with Crippen LogP contribution in [-0.2, 0) is 4.79 Å². The molecule has 0 aliphatic carbocycles. The summed E-state index contributed by atoms with van der Waals surface area (Å²) in [4.78, 5) is 27.5. The summed E-state index contributed by atoms with van der Waals surface area (Å²) in [6.07, 6.45) is 0. The third-order valence-corrected chi connectivity index (χ3v) is 3.89. The Morgan fingerprint density at radius 3 is 2.23 bits per heavy atom. The number of ether oxygens (including phenoxy) is 2. The summed E-state index contributed by atoms with van der Waals surface area (Å²) in [6, 6.07) is 5.18. The Morgan fingerprint density at radius 2 is 1.68 bits per heavy atom. The molecule has 0 atom stereocenters. The minimum Gasteiger partial charge on any atom is -0.493 e. The van der Waals surface area contributed by atoms with Gasteiger partial charge in [-0.1, -0.05) is 0 Å². The van der Waals surface area contributed by atoms with E-state index in [9.17, 15) is 9.59 Å². The quantitative estimate of drug-likeness (QED) is 0.761. The SMILES string of the molecule is COc1ccc(C(=O)CN2CCN(C(C)=O)CC2)cc1OC. The van der Waals surface area contributed by atoms with E-state index in [0.717, 1.165) is 13.1 Å². The zero-order valence-corrected chi connectivity index (χ0v) is 13.3. The Bertz CT molecular complexity index is 551. The van der Waals surface area contributed by atoms with Crippen LogP contribution < -0.4 is 9.47 Å². The molecule has 6 heteroatoms. The van der Waals surface area contributed by atoms with E-state index in [0.29, 0.717) is 36.7 Å². The Balaban J connectivity index is 1.97. The lowest BCUT2D eigenvalue weighted by Crippen LogP contribution is -2.49. The van der Waals surface area contributed by atoms with Crippen LogP contribution in [0.15, 0.2) is 18.2 Å². The van der Waals surface area contributed by atoms with Crippen molar-refractivity contribution >= 4 is 11.7 Å². The number of benzene rings is 1. The normalized spacial score (nSPS) is 15.5. The maximum atomic E-state index is 12.4. The van der Waals surface area contributed by atoms with Crippen LogP contribution in [-0.4, -0.2) is 68.4 Å². The largest absolute Gasteiger partial charge is 0.493 e. The lowest BCUT2D eigenvalue weighted by Gasteiger charge is -2.33. The molecule has 1 saturated heterocycles. The first-order valence-electron chi connectivity index (χ1n) is 7.28. The number of rotatable bonds is 5. The minimum atomic E-state index is 0.0391. The van der Waals surface area contributed by atoms with E-state index in [1.165, 1.54) is 0 Å². The standard InChI is InChI=1S/C16H22N2O4/c1-12(19)18-8-6-17(7-9-18)11-14(20)13-4-5-15(21-2)16(10-13)22-3/h4-5,10H,6-9,11H2,1-3H3. The van der Waals surface area contributed by atoms with E-state index in [4.69, 9.17) is 9.47 Å². The number of piperazine rings is 1. The molecule has 1 aliphatic rings. The average Bonchev–Trinajstić information content (AvgIpc) is 2.54. The highest BCUT2D eigenvalue weighted by atomic mass is 16.5. The summed E-state index contributed by atoms with van der Waals surface area (Å²) >= 11 is 0. The van der Waals surface area contributed by atoms with Gasteiger partial charge in [-0.15, -0.1) is 0 Å². The van der Waals surface area contributed by atoms with E-state index in [2.05, 4.69) is 4.90 Å². The van der Waals surface area contributed by atoms with Crippen LogP contribution in [0.2, 0.25) is 0 Å². The lowest BCUT2D eigenvalue weighted by molar-refractivity contribution is -0.130. The molecule has 0 unspecified atom stereocenters. The van der Waals surface area contributed by atoms with Crippen molar-refractivity contribution in [3.05, 3.63) is 23.8 Å². The van der Waals surface area contributed by atoms with Gasteiger partial charge in [-0.05, 0) is 18.2 Å². The number of ketones is 1. The second-order valence-corrected chi connectivity index (χ2v) is 5.28. The van der Waals surface area contributed by atoms with Crippen molar-refractivity contribution in [1.82, 2.24) is 9.80 Å². The van der Waals surface area contributed by atoms with Crippen LogP contribution in [0.3, 0.4) is 0 Å². The van der Waals surface area contributed by atoms with Gasteiger partial charge in [-0.2, -0.15) is 0 Å². The maximum Gasteiger partial charge on any atom is 0.219 e. The topological polar surface area (TPSA) is 59.1 Å². The van der Waals surface area contributed by atoms with Crippen molar-refractivity contribution in [1.29, 1.82) is 0 Å². The number of carbonyl (C=O) groups is 2. The molecule has 0 radical (unpaired) electrons. The van der Waals surface area contributed by atoms with E-state index in [-0.39, 0.29) is 11.7 Å². The zero-order valence-electron chi connectivity index (χ0n) is 13.3. The van der Waals surface area contributed by atoms with Crippen molar-refractivity contribution in [3.8, 4) is 11.5 Å². The molecule has 22 heavy (non-hydrogen) atoms. The molecule has 6 nitrogen and oxygen atoms in total. The molecular formula is C16H22N2O4. The molecule has 0 aromatic heterocycles. The molecular weight excluding hydrogens is 284 g/mol. The van der Waals surface area contributed by atoms with Gasteiger partial charge in [0, 0.05) is 38.7 Å². The number of methoxy groups -OCH3 is 2. The Labute approximate surface area is 130 Å². The fourth-order valence-electron chi connectivity index (χ4n) is 2.52. The van der Waals surface area contributed by atoms with Crippen LogP contribution in [0.25, 0.3) is 0 Å². The van der Waals surface area contributed by atoms with Crippen molar-refractivity contribution in [2.45, 2.75) is 6.92 Å². The van der Waals surface area contributed by atoms with Crippen molar-refractivity contribution in [3.63, 3.8) is 0 Å². The van der Waals surface area contributed by atoms with Gasteiger partial charge in [0.2, 0.25) is 5.91 Å². The first-order valence-corrected chi connectivity index (χ1v) is 7.28. The van der Waals surface area contributed by atoms with Crippen molar-refractivity contribution in [2.75, 3.05) is 46.9 Å². The summed E-state index contributed by atoms with van der Waals surface area (Å²) in [7, 11) is 3.11. The van der Waals surface area contributed by atoms with Crippen molar-refractivity contribution in [2.24, 2.45) is 0 Å². The average molecular weight is 306 g/mol.